The van der Waals surface area contributed by atoms with E-state index in [-0.39, 0.29) is 0 Å². The molecule has 2 aromatic carbocycles. The van der Waals surface area contributed by atoms with Gasteiger partial charge < -0.3 is 0 Å². The summed E-state index contributed by atoms with van der Waals surface area (Å²) in [5, 5.41) is 8.39. The minimum atomic E-state index is 0.905. The first-order chi connectivity index (χ1) is 8.86. The summed E-state index contributed by atoms with van der Waals surface area (Å²) < 4.78 is 2.78. The van der Waals surface area contributed by atoms with Crippen molar-refractivity contribution in [2.75, 3.05) is 0 Å². The molecule has 0 bridgehead atoms. The largest absolute Gasteiger partial charge is 0.212 e. The van der Waals surface area contributed by atoms with Gasteiger partial charge in [-0.15, -0.1) is 5.10 Å². The van der Waals surface area contributed by atoms with Crippen LogP contribution in [0.2, 0.25) is 0 Å². The molecular weight excluding hydrogens is 337 g/mol. The summed E-state index contributed by atoms with van der Waals surface area (Å²) in [5.74, 6) is 0. The van der Waals surface area contributed by atoms with E-state index in [9.17, 15) is 0 Å². The van der Waals surface area contributed by atoms with E-state index in [4.69, 9.17) is 0 Å². The predicted octanol–water partition coefficient (Wildman–Crippen LogP) is 3.54. The van der Waals surface area contributed by atoms with E-state index in [0.717, 1.165) is 20.6 Å². The molecular formula is C14H10IN3. The molecule has 1 heterocycles. The zero-order valence-corrected chi connectivity index (χ0v) is 11.7. The van der Waals surface area contributed by atoms with Gasteiger partial charge in [-0.25, -0.2) is 4.68 Å². The highest BCUT2D eigenvalue weighted by Crippen LogP contribution is 2.25. The SMILES string of the molecule is Ic1nnn(-c2ccccc2)c1-c1ccccc1. The van der Waals surface area contributed by atoms with Crippen molar-refractivity contribution in [1.82, 2.24) is 15.0 Å². The van der Waals surface area contributed by atoms with Crippen molar-refractivity contribution in [2.45, 2.75) is 0 Å². The van der Waals surface area contributed by atoms with Crippen LogP contribution in [0, 0.1) is 3.70 Å². The molecule has 0 saturated carbocycles. The van der Waals surface area contributed by atoms with Gasteiger partial charge >= 0.3 is 0 Å². The van der Waals surface area contributed by atoms with Gasteiger partial charge in [0, 0.05) is 5.56 Å². The highest BCUT2D eigenvalue weighted by atomic mass is 127. The molecule has 1 aromatic heterocycles. The summed E-state index contributed by atoms with van der Waals surface area (Å²) in [7, 11) is 0. The summed E-state index contributed by atoms with van der Waals surface area (Å²) in [4.78, 5) is 0. The molecule has 0 aliphatic carbocycles. The van der Waals surface area contributed by atoms with Crippen molar-refractivity contribution >= 4 is 22.6 Å². The highest BCUT2D eigenvalue weighted by molar-refractivity contribution is 14.1. The molecule has 3 nitrogen and oxygen atoms in total. The van der Waals surface area contributed by atoms with E-state index in [0.29, 0.717) is 0 Å². The number of aromatic nitrogens is 3. The second-order valence-electron chi connectivity index (χ2n) is 3.84. The van der Waals surface area contributed by atoms with Gasteiger partial charge in [-0.1, -0.05) is 53.7 Å². The number of hydrogen-bond acceptors (Lipinski definition) is 2. The first-order valence-corrected chi connectivity index (χ1v) is 6.66. The van der Waals surface area contributed by atoms with Gasteiger partial charge in [0.1, 0.15) is 5.69 Å². The fraction of sp³-hybridized carbons (Fsp3) is 0. The number of nitrogens with zero attached hydrogens (tertiary/aromatic N) is 3. The lowest BCUT2D eigenvalue weighted by molar-refractivity contribution is 0.806. The number of halogens is 1. The Morgan fingerprint density at radius 3 is 2.11 bits per heavy atom. The molecule has 0 amide bonds. The van der Waals surface area contributed by atoms with Crippen molar-refractivity contribution in [2.24, 2.45) is 0 Å². The molecule has 0 atom stereocenters. The van der Waals surface area contributed by atoms with Crippen molar-refractivity contribution in [3.05, 3.63) is 64.4 Å². The number of rotatable bonds is 2. The third kappa shape index (κ3) is 2.03. The van der Waals surface area contributed by atoms with Crippen LogP contribution in [0.15, 0.2) is 60.7 Å². The average molecular weight is 347 g/mol. The standard InChI is InChI=1S/C14H10IN3/c15-14-13(11-7-3-1-4-8-11)18(17-16-14)12-9-5-2-6-10-12/h1-10H. The molecule has 4 heteroatoms. The first kappa shape index (κ1) is 11.4. The van der Waals surface area contributed by atoms with Crippen LogP contribution in [-0.2, 0) is 0 Å². The number of para-hydroxylation sites is 1. The van der Waals surface area contributed by atoms with Crippen LogP contribution in [0.25, 0.3) is 16.9 Å². The second kappa shape index (κ2) is 4.89. The lowest BCUT2D eigenvalue weighted by Gasteiger charge is -2.06. The molecule has 3 aromatic rings. The van der Waals surface area contributed by atoms with E-state index < -0.39 is 0 Å². The highest BCUT2D eigenvalue weighted by Gasteiger charge is 2.13. The molecule has 0 N–H and O–H groups in total. The summed E-state index contributed by atoms with van der Waals surface area (Å²) in [6.45, 7) is 0. The first-order valence-electron chi connectivity index (χ1n) is 5.58. The fourth-order valence-corrected chi connectivity index (χ4v) is 2.49. The van der Waals surface area contributed by atoms with Gasteiger partial charge in [-0.2, -0.15) is 0 Å². The Bertz CT molecular complexity index is 647. The predicted molar refractivity (Wildman–Crippen MR) is 79.5 cm³/mol. The van der Waals surface area contributed by atoms with Crippen LogP contribution >= 0.6 is 22.6 Å². The molecule has 18 heavy (non-hydrogen) atoms. The molecule has 0 aliphatic rings. The molecule has 0 fully saturated rings. The summed E-state index contributed by atoms with van der Waals surface area (Å²) in [5.41, 5.74) is 3.17. The van der Waals surface area contributed by atoms with Crippen LogP contribution in [0.5, 0.6) is 0 Å². The topological polar surface area (TPSA) is 30.7 Å². The zero-order chi connectivity index (χ0) is 12.4. The van der Waals surface area contributed by atoms with Gasteiger partial charge in [0.15, 0.2) is 3.70 Å². The van der Waals surface area contributed by atoms with Gasteiger partial charge in [0.05, 0.1) is 5.69 Å². The van der Waals surface area contributed by atoms with Gasteiger partial charge in [0.25, 0.3) is 0 Å². The number of benzene rings is 2. The minimum Gasteiger partial charge on any atom is -0.212 e. The molecule has 88 valence electrons. The van der Waals surface area contributed by atoms with E-state index >= 15 is 0 Å². The Morgan fingerprint density at radius 1 is 0.833 bits per heavy atom. The smallest absolute Gasteiger partial charge is 0.151 e. The van der Waals surface area contributed by atoms with Gasteiger partial charge in [-0.05, 0) is 34.7 Å². The molecule has 0 radical (unpaired) electrons. The Balaban J connectivity index is 2.19. The van der Waals surface area contributed by atoms with Crippen molar-refractivity contribution in [1.29, 1.82) is 0 Å². The maximum Gasteiger partial charge on any atom is 0.151 e. The molecule has 0 aliphatic heterocycles. The zero-order valence-electron chi connectivity index (χ0n) is 9.49. The lowest BCUT2D eigenvalue weighted by Crippen LogP contribution is -1.99. The lowest BCUT2D eigenvalue weighted by atomic mass is 10.1. The summed E-state index contributed by atoms with van der Waals surface area (Å²) in [6, 6.07) is 20.2. The van der Waals surface area contributed by atoms with Crippen molar-refractivity contribution < 1.29 is 0 Å². The average Bonchev–Trinajstić information content (AvgIpc) is 2.83. The summed E-state index contributed by atoms with van der Waals surface area (Å²) >= 11 is 2.22. The maximum absolute atomic E-state index is 4.22. The Kier molecular flexibility index (Phi) is 3.10. The van der Waals surface area contributed by atoms with E-state index in [1.165, 1.54) is 0 Å². The Labute approximate surface area is 119 Å². The normalized spacial score (nSPS) is 10.5. The van der Waals surface area contributed by atoms with E-state index in [1.807, 2.05) is 53.2 Å². The third-order valence-corrected chi connectivity index (χ3v) is 3.40. The fourth-order valence-electron chi connectivity index (χ4n) is 1.85. The van der Waals surface area contributed by atoms with Gasteiger partial charge in [0.2, 0.25) is 0 Å². The van der Waals surface area contributed by atoms with Crippen LogP contribution in [0.1, 0.15) is 0 Å². The maximum atomic E-state index is 4.22. The van der Waals surface area contributed by atoms with Crippen molar-refractivity contribution in [3.63, 3.8) is 0 Å². The van der Waals surface area contributed by atoms with Crippen LogP contribution in [0.4, 0.5) is 0 Å². The van der Waals surface area contributed by atoms with E-state index in [1.54, 1.807) is 0 Å². The molecule has 3 rings (SSSR count). The monoisotopic (exact) mass is 347 g/mol. The Morgan fingerprint density at radius 2 is 1.44 bits per heavy atom. The van der Waals surface area contributed by atoms with Crippen molar-refractivity contribution in [3.8, 4) is 16.9 Å². The molecule has 0 unspecified atom stereocenters. The minimum absolute atomic E-state index is 0.905. The second-order valence-corrected chi connectivity index (χ2v) is 4.86. The number of hydrogen-bond donors (Lipinski definition) is 0. The van der Waals surface area contributed by atoms with Crippen LogP contribution < -0.4 is 0 Å². The molecule has 0 spiro atoms. The van der Waals surface area contributed by atoms with E-state index in [2.05, 4.69) is 45.0 Å². The third-order valence-electron chi connectivity index (χ3n) is 2.68. The molecule has 0 saturated heterocycles. The Hall–Kier alpha value is -1.69. The van der Waals surface area contributed by atoms with Crippen LogP contribution in [0.3, 0.4) is 0 Å². The quantitative estimate of drug-likeness (QED) is 0.664. The summed E-state index contributed by atoms with van der Waals surface area (Å²) in [6.07, 6.45) is 0. The van der Waals surface area contributed by atoms with Crippen LogP contribution in [-0.4, -0.2) is 15.0 Å². The van der Waals surface area contributed by atoms with Gasteiger partial charge in [-0.3, -0.25) is 0 Å².